The summed E-state index contributed by atoms with van der Waals surface area (Å²) in [4.78, 5) is 4.21. The van der Waals surface area contributed by atoms with E-state index in [1.54, 1.807) is 11.8 Å². The lowest BCUT2D eigenvalue weighted by Gasteiger charge is -2.10. The van der Waals surface area contributed by atoms with Crippen molar-refractivity contribution in [3.8, 4) is 0 Å². The summed E-state index contributed by atoms with van der Waals surface area (Å²) >= 11 is 7.32. The van der Waals surface area contributed by atoms with Crippen molar-refractivity contribution in [2.75, 3.05) is 12.1 Å². The number of hydrogen-bond acceptors (Lipinski definition) is 2. The minimum atomic E-state index is 0.456. The second-order valence-corrected chi connectivity index (χ2v) is 3.31. The highest BCUT2D eigenvalue weighted by Crippen LogP contribution is 2.20. The first kappa shape index (κ1) is 8.15. The molecule has 0 bridgehead atoms. The zero-order valence-corrected chi connectivity index (χ0v) is 7.45. The molecule has 0 radical (unpaired) electrons. The first-order valence-corrected chi connectivity index (χ1v) is 4.97. The van der Waals surface area contributed by atoms with Gasteiger partial charge in [-0.05, 0) is 12.7 Å². The zero-order valence-electron chi connectivity index (χ0n) is 5.88. The molecule has 0 fully saturated rings. The van der Waals surface area contributed by atoms with Crippen molar-refractivity contribution in [1.82, 2.24) is 0 Å². The van der Waals surface area contributed by atoms with Crippen LogP contribution in [0.1, 0.15) is 6.42 Å². The minimum absolute atomic E-state index is 0.456. The van der Waals surface area contributed by atoms with Gasteiger partial charge in [0.25, 0.3) is 0 Å². The van der Waals surface area contributed by atoms with Crippen molar-refractivity contribution in [3.63, 3.8) is 0 Å². The van der Waals surface area contributed by atoms with E-state index in [1.165, 1.54) is 0 Å². The lowest BCUT2D eigenvalue weighted by Crippen LogP contribution is -2.05. The number of hydrogen-bond donors (Lipinski definition) is 0. The molecule has 0 aliphatic carbocycles. The van der Waals surface area contributed by atoms with Gasteiger partial charge < -0.3 is 0 Å². The van der Waals surface area contributed by atoms with Crippen molar-refractivity contribution in [3.05, 3.63) is 11.1 Å². The number of halogens is 1. The number of alkyl halides is 1. The van der Waals surface area contributed by atoms with Crippen LogP contribution in [0.4, 0.5) is 0 Å². The molecule has 0 amide bonds. The third-order valence-electron chi connectivity index (χ3n) is 1.42. The van der Waals surface area contributed by atoms with E-state index in [1.807, 2.05) is 12.5 Å². The van der Waals surface area contributed by atoms with E-state index < -0.39 is 0 Å². The molecule has 0 saturated carbocycles. The van der Waals surface area contributed by atoms with Crippen LogP contribution in [0.15, 0.2) is 16.1 Å². The molecule has 1 aliphatic rings. The highest BCUT2D eigenvalue weighted by atomic mass is 35.5. The number of nitrogens with zero attached hydrogens (tertiary/aromatic N) is 1. The van der Waals surface area contributed by atoms with Crippen LogP contribution < -0.4 is 0 Å². The smallest absolute Gasteiger partial charge is 0.0913 e. The highest BCUT2D eigenvalue weighted by Gasteiger charge is 2.06. The highest BCUT2D eigenvalue weighted by molar-refractivity contribution is 8.02. The third kappa shape index (κ3) is 2.03. The molecule has 0 aromatic carbocycles. The van der Waals surface area contributed by atoms with Crippen LogP contribution in [-0.4, -0.2) is 18.4 Å². The molecule has 0 aromatic heterocycles. The van der Waals surface area contributed by atoms with Gasteiger partial charge in [-0.1, -0.05) is 6.08 Å². The Morgan fingerprint density at radius 2 is 2.70 bits per heavy atom. The molecule has 1 aliphatic heterocycles. The molecule has 0 saturated heterocycles. The van der Waals surface area contributed by atoms with Crippen molar-refractivity contribution >= 4 is 29.6 Å². The van der Waals surface area contributed by atoms with Crippen LogP contribution in [0.2, 0.25) is 0 Å². The van der Waals surface area contributed by atoms with Gasteiger partial charge in [0, 0.05) is 18.0 Å². The largest absolute Gasteiger partial charge is 0.254 e. The average Bonchev–Trinajstić information content (AvgIpc) is 2.05. The summed E-state index contributed by atoms with van der Waals surface area (Å²) < 4.78 is 0. The summed E-state index contributed by atoms with van der Waals surface area (Å²) in [6.07, 6.45) is 7.16. The van der Waals surface area contributed by atoms with Crippen molar-refractivity contribution < 1.29 is 0 Å². The fourth-order valence-corrected chi connectivity index (χ4v) is 1.42. The minimum Gasteiger partial charge on any atom is -0.254 e. The van der Waals surface area contributed by atoms with Gasteiger partial charge in [0.15, 0.2) is 0 Å². The number of allylic oxidation sites excluding steroid dienone is 1. The van der Waals surface area contributed by atoms with Crippen LogP contribution >= 0.6 is 23.4 Å². The van der Waals surface area contributed by atoms with Gasteiger partial charge in [-0.15, -0.1) is 23.4 Å². The van der Waals surface area contributed by atoms with Gasteiger partial charge in [0.05, 0.1) is 5.03 Å². The van der Waals surface area contributed by atoms with Crippen LogP contribution in [0, 0.1) is 5.92 Å². The van der Waals surface area contributed by atoms with Gasteiger partial charge in [-0.2, -0.15) is 0 Å². The first-order chi connectivity index (χ1) is 4.86. The molecule has 0 spiro atoms. The average molecular weight is 176 g/mol. The van der Waals surface area contributed by atoms with Gasteiger partial charge in [0.1, 0.15) is 0 Å². The maximum absolute atomic E-state index is 5.64. The summed E-state index contributed by atoms with van der Waals surface area (Å²) in [5.74, 6) is 1.14. The van der Waals surface area contributed by atoms with Gasteiger partial charge in [-0.3, -0.25) is 4.99 Å². The van der Waals surface area contributed by atoms with E-state index in [0.717, 1.165) is 11.4 Å². The standard InChI is InChI=1S/C7H10ClNS/c1-10-7-3-2-6(4-8)5-9-7/h3,5-6H,2,4H2,1H3/t6-/m0/s1. The van der Waals surface area contributed by atoms with Gasteiger partial charge in [0.2, 0.25) is 0 Å². The first-order valence-electron chi connectivity index (χ1n) is 3.21. The Bertz CT molecular complexity index is 165. The van der Waals surface area contributed by atoms with Crippen LogP contribution in [-0.2, 0) is 0 Å². The Morgan fingerprint density at radius 1 is 1.90 bits per heavy atom. The topological polar surface area (TPSA) is 12.4 Å². The second-order valence-electron chi connectivity index (χ2n) is 2.17. The monoisotopic (exact) mass is 175 g/mol. The van der Waals surface area contributed by atoms with Crippen molar-refractivity contribution in [2.24, 2.45) is 10.9 Å². The molecule has 1 atom stereocenters. The number of thioether (sulfide) groups is 1. The zero-order chi connectivity index (χ0) is 7.40. The van der Waals surface area contributed by atoms with Crippen LogP contribution in [0.25, 0.3) is 0 Å². The molecule has 0 N–H and O–H groups in total. The summed E-state index contributed by atoms with van der Waals surface area (Å²) in [5, 5.41) is 1.11. The van der Waals surface area contributed by atoms with Crippen molar-refractivity contribution in [2.45, 2.75) is 6.42 Å². The quantitative estimate of drug-likeness (QED) is 0.588. The van der Waals surface area contributed by atoms with Crippen molar-refractivity contribution in [1.29, 1.82) is 0 Å². The number of rotatable bonds is 2. The predicted octanol–water partition coefficient (Wildman–Crippen LogP) is 2.52. The van der Waals surface area contributed by atoms with Crippen LogP contribution in [0.5, 0.6) is 0 Å². The fraction of sp³-hybridized carbons (Fsp3) is 0.571. The molecule has 56 valence electrons. The van der Waals surface area contributed by atoms with E-state index in [9.17, 15) is 0 Å². The fourth-order valence-electron chi connectivity index (χ4n) is 0.783. The van der Waals surface area contributed by atoms with E-state index in [-0.39, 0.29) is 0 Å². The van der Waals surface area contributed by atoms with E-state index >= 15 is 0 Å². The van der Waals surface area contributed by atoms with Gasteiger partial charge in [-0.25, -0.2) is 0 Å². The molecule has 1 heterocycles. The normalized spacial score (nSPS) is 24.6. The molecule has 10 heavy (non-hydrogen) atoms. The molecule has 1 rings (SSSR count). The maximum atomic E-state index is 5.64. The third-order valence-corrected chi connectivity index (χ3v) is 2.50. The Hall–Kier alpha value is 0.0500. The summed E-state index contributed by atoms with van der Waals surface area (Å²) in [7, 11) is 0. The Morgan fingerprint density at radius 3 is 3.10 bits per heavy atom. The second kappa shape index (κ2) is 4.04. The molecule has 0 unspecified atom stereocenters. The SMILES string of the molecule is CSC1=CC[C@@H](CCl)C=N1. The van der Waals surface area contributed by atoms with Crippen LogP contribution in [0.3, 0.4) is 0 Å². The lowest BCUT2D eigenvalue weighted by molar-refractivity contribution is 0.801. The molecular weight excluding hydrogens is 166 g/mol. The van der Waals surface area contributed by atoms with E-state index in [4.69, 9.17) is 11.6 Å². The predicted molar refractivity (Wildman–Crippen MR) is 48.9 cm³/mol. The Balaban J connectivity index is 2.46. The number of aliphatic imine (C=N–C) groups is 1. The summed E-state index contributed by atoms with van der Waals surface area (Å²) in [6.45, 7) is 0. The molecular formula is C7H10ClNS. The molecule has 3 heteroatoms. The molecule has 1 nitrogen and oxygen atoms in total. The summed E-state index contributed by atoms with van der Waals surface area (Å²) in [6, 6.07) is 0. The Kier molecular flexibility index (Phi) is 3.29. The lowest BCUT2D eigenvalue weighted by atomic mass is 10.1. The maximum Gasteiger partial charge on any atom is 0.0913 e. The van der Waals surface area contributed by atoms with E-state index in [2.05, 4.69) is 11.1 Å². The summed E-state index contributed by atoms with van der Waals surface area (Å²) in [5.41, 5.74) is 0. The molecule has 0 aromatic rings. The van der Waals surface area contributed by atoms with Gasteiger partial charge >= 0.3 is 0 Å². The van der Waals surface area contributed by atoms with E-state index in [0.29, 0.717) is 11.8 Å². The Labute approximate surface area is 70.6 Å².